The van der Waals surface area contributed by atoms with Crippen molar-refractivity contribution in [3.63, 3.8) is 0 Å². The van der Waals surface area contributed by atoms with Crippen molar-refractivity contribution in [1.29, 1.82) is 0 Å². The number of aromatic nitrogens is 1. The highest BCUT2D eigenvalue weighted by Gasteiger charge is 2.23. The lowest BCUT2D eigenvalue weighted by Gasteiger charge is -2.07. The van der Waals surface area contributed by atoms with Crippen molar-refractivity contribution < 1.29 is 4.74 Å². The largest absolute Gasteiger partial charge is 0.474 e. The smallest absolute Gasteiger partial charge is 0.213 e. The molecule has 2 heteroatoms. The van der Waals surface area contributed by atoms with Gasteiger partial charge < -0.3 is 4.74 Å². The van der Waals surface area contributed by atoms with Gasteiger partial charge in [0, 0.05) is 12.3 Å². The van der Waals surface area contributed by atoms with Crippen LogP contribution in [-0.4, -0.2) is 11.1 Å². The molecule has 0 aliphatic heterocycles. The summed E-state index contributed by atoms with van der Waals surface area (Å²) in [5.41, 5.74) is 1.30. The van der Waals surface area contributed by atoms with Gasteiger partial charge in [-0.15, -0.1) is 0 Å². The fraction of sp³-hybridized carbons (Fsp3) is 0.545. The fourth-order valence-corrected chi connectivity index (χ4v) is 1.20. The van der Waals surface area contributed by atoms with E-state index < -0.39 is 0 Å². The topological polar surface area (TPSA) is 22.1 Å². The van der Waals surface area contributed by atoms with Crippen molar-refractivity contribution in [3.8, 4) is 5.88 Å². The van der Waals surface area contributed by atoms with E-state index in [2.05, 4.69) is 18.8 Å². The highest BCUT2D eigenvalue weighted by molar-refractivity contribution is 5.23. The lowest BCUT2D eigenvalue weighted by molar-refractivity contribution is 0.290. The van der Waals surface area contributed by atoms with Crippen LogP contribution in [0.1, 0.15) is 38.2 Å². The van der Waals surface area contributed by atoms with Crippen LogP contribution in [0.25, 0.3) is 0 Å². The highest BCUT2D eigenvalue weighted by Crippen LogP contribution is 2.26. The average molecular weight is 177 g/mol. The van der Waals surface area contributed by atoms with Crippen LogP contribution in [0, 0.1) is 0 Å². The Bertz CT molecular complexity index is 292. The van der Waals surface area contributed by atoms with Gasteiger partial charge >= 0.3 is 0 Å². The summed E-state index contributed by atoms with van der Waals surface area (Å²) in [4.78, 5) is 4.18. The molecule has 0 spiro atoms. The van der Waals surface area contributed by atoms with Crippen LogP contribution in [-0.2, 0) is 0 Å². The average Bonchev–Trinajstić information content (AvgIpc) is 2.89. The molecule has 1 aliphatic rings. The number of hydrogen-bond acceptors (Lipinski definition) is 2. The molecule has 0 amide bonds. The number of rotatable bonds is 3. The molecule has 0 unspecified atom stereocenters. The summed E-state index contributed by atoms with van der Waals surface area (Å²) in [6, 6.07) is 4.09. The van der Waals surface area contributed by atoms with Gasteiger partial charge in [0.05, 0.1) is 0 Å². The van der Waals surface area contributed by atoms with Crippen LogP contribution in [0.15, 0.2) is 18.3 Å². The Morgan fingerprint density at radius 2 is 2.23 bits per heavy atom. The van der Waals surface area contributed by atoms with Crippen molar-refractivity contribution in [2.75, 3.05) is 0 Å². The van der Waals surface area contributed by atoms with Crippen molar-refractivity contribution in [2.45, 2.75) is 38.7 Å². The van der Waals surface area contributed by atoms with Crippen molar-refractivity contribution in [2.24, 2.45) is 0 Å². The first-order chi connectivity index (χ1) is 6.25. The minimum Gasteiger partial charge on any atom is -0.474 e. The first-order valence-corrected chi connectivity index (χ1v) is 4.88. The Balaban J connectivity index is 2.11. The van der Waals surface area contributed by atoms with E-state index in [4.69, 9.17) is 4.74 Å². The van der Waals surface area contributed by atoms with Crippen LogP contribution in [0.5, 0.6) is 5.88 Å². The van der Waals surface area contributed by atoms with E-state index in [0.29, 0.717) is 12.0 Å². The number of nitrogens with zero attached hydrogens (tertiary/aromatic N) is 1. The zero-order valence-electron chi connectivity index (χ0n) is 8.16. The summed E-state index contributed by atoms with van der Waals surface area (Å²) in [5, 5.41) is 0. The third kappa shape index (κ3) is 2.20. The molecule has 1 saturated carbocycles. The first-order valence-electron chi connectivity index (χ1n) is 4.88. The maximum absolute atomic E-state index is 5.60. The Kier molecular flexibility index (Phi) is 2.21. The third-order valence-electron chi connectivity index (χ3n) is 2.24. The minimum atomic E-state index is 0.440. The monoisotopic (exact) mass is 177 g/mol. The molecule has 1 fully saturated rings. The van der Waals surface area contributed by atoms with Gasteiger partial charge in [-0.3, -0.25) is 0 Å². The fourth-order valence-electron chi connectivity index (χ4n) is 1.20. The standard InChI is InChI=1S/C11H15NO/c1-8(2)9-5-6-12-11(7-9)13-10-3-4-10/h5-8,10H,3-4H2,1-2H3. The molecule has 0 N–H and O–H groups in total. The quantitative estimate of drug-likeness (QED) is 0.708. The van der Waals surface area contributed by atoms with Crippen LogP contribution in [0.2, 0.25) is 0 Å². The van der Waals surface area contributed by atoms with Gasteiger partial charge in [-0.2, -0.15) is 0 Å². The molecule has 1 heterocycles. The van der Waals surface area contributed by atoms with E-state index in [1.54, 1.807) is 0 Å². The number of hydrogen-bond donors (Lipinski definition) is 0. The molecule has 0 radical (unpaired) electrons. The van der Waals surface area contributed by atoms with E-state index in [9.17, 15) is 0 Å². The molecular formula is C11H15NO. The predicted molar refractivity (Wildman–Crippen MR) is 52.0 cm³/mol. The van der Waals surface area contributed by atoms with Crippen molar-refractivity contribution in [3.05, 3.63) is 23.9 Å². The van der Waals surface area contributed by atoms with Crippen LogP contribution >= 0.6 is 0 Å². The van der Waals surface area contributed by atoms with Gasteiger partial charge in [0.25, 0.3) is 0 Å². The molecule has 0 saturated heterocycles. The molecule has 1 aliphatic carbocycles. The molecule has 1 aromatic heterocycles. The lowest BCUT2D eigenvalue weighted by Crippen LogP contribution is -1.99. The zero-order valence-corrected chi connectivity index (χ0v) is 8.16. The zero-order chi connectivity index (χ0) is 9.26. The van der Waals surface area contributed by atoms with Gasteiger partial charge in [-0.05, 0) is 30.4 Å². The van der Waals surface area contributed by atoms with E-state index in [1.807, 2.05) is 18.3 Å². The Hall–Kier alpha value is -1.05. The Morgan fingerprint density at radius 1 is 1.46 bits per heavy atom. The molecule has 2 nitrogen and oxygen atoms in total. The second kappa shape index (κ2) is 3.36. The van der Waals surface area contributed by atoms with E-state index in [-0.39, 0.29) is 0 Å². The van der Waals surface area contributed by atoms with Gasteiger partial charge in [-0.1, -0.05) is 13.8 Å². The summed E-state index contributed by atoms with van der Waals surface area (Å²) >= 11 is 0. The third-order valence-corrected chi connectivity index (χ3v) is 2.24. The van der Waals surface area contributed by atoms with E-state index in [0.717, 1.165) is 5.88 Å². The molecule has 0 bridgehead atoms. The highest BCUT2D eigenvalue weighted by atomic mass is 16.5. The molecule has 0 aromatic carbocycles. The second-order valence-corrected chi connectivity index (χ2v) is 3.90. The number of ether oxygens (including phenoxy) is 1. The van der Waals surface area contributed by atoms with Crippen LogP contribution in [0.3, 0.4) is 0 Å². The van der Waals surface area contributed by atoms with Crippen LogP contribution in [0.4, 0.5) is 0 Å². The molecule has 13 heavy (non-hydrogen) atoms. The summed E-state index contributed by atoms with van der Waals surface area (Å²) in [6.45, 7) is 4.35. The van der Waals surface area contributed by atoms with Gasteiger partial charge in [0.2, 0.25) is 5.88 Å². The second-order valence-electron chi connectivity index (χ2n) is 3.90. The van der Waals surface area contributed by atoms with Gasteiger partial charge in [0.15, 0.2) is 0 Å². The Labute approximate surface area is 78.9 Å². The maximum Gasteiger partial charge on any atom is 0.213 e. The van der Waals surface area contributed by atoms with Gasteiger partial charge in [-0.25, -0.2) is 4.98 Å². The number of pyridine rings is 1. The molecule has 1 aromatic rings. The lowest BCUT2D eigenvalue weighted by atomic mass is 10.1. The van der Waals surface area contributed by atoms with Gasteiger partial charge in [0.1, 0.15) is 6.10 Å². The minimum absolute atomic E-state index is 0.440. The summed E-state index contributed by atoms with van der Waals surface area (Å²) in [5.74, 6) is 1.33. The SMILES string of the molecule is CC(C)c1ccnc(OC2CC2)c1. The van der Waals surface area contributed by atoms with E-state index >= 15 is 0 Å². The maximum atomic E-state index is 5.60. The van der Waals surface area contributed by atoms with E-state index in [1.165, 1.54) is 18.4 Å². The van der Waals surface area contributed by atoms with Crippen LogP contribution < -0.4 is 4.74 Å². The molecule has 70 valence electrons. The Morgan fingerprint density at radius 3 is 2.85 bits per heavy atom. The molecule has 0 atom stereocenters. The normalized spacial score (nSPS) is 16.2. The summed E-state index contributed by atoms with van der Waals surface area (Å²) in [6.07, 6.45) is 4.64. The summed E-state index contributed by atoms with van der Waals surface area (Å²) < 4.78 is 5.60. The summed E-state index contributed by atoms with van der Waals surface area (Å²) in [7, 11) is 0. The van der Waals surface area contributed by atoms with Crippen molar-refractivity contribution in [1.82, 2.24) is 4.98 Å². The molecular weight excluding hydrogens is 162 g/mol. The molecule has 2 rings (SSSR count). The van der Waals surface area contributed by atoms with Crippen molar-refractivity contribution >= 4 is 0 Å². The predicted octanol–water partition coefficient (Wildman–Crippen LogP) is 2.75. The first kappa shape index (κ1) is 8.54.